The van der Waals surface area contributed by atoms with Gasteiger partial charge in [0.1, 0.15) is 0 Å². The van der Waals surface area contributed by atoms with Crippen LogP contribution in [-0.4, -0.2) is 36.6 Å². The second-order valence-electron chi connectivity index (χ2n) is 8.49. The van der Waals surface area contributed by atoms with E-state index in [9.17, 15) is 0 Å². The van der Waals surface area contributed by atoms with Gasteiger partial charge in [-0.15, -0.1) is 0 Å². The summed E-state index contributed by atoms with van der Waals surface area (Å²) in [6, 6.07) is 2.32. The fourth-order valence-corrected chi connectivity index (χ4v) is 4.43. The molecule has 21 heavy (non-hydrogen) atoms. The van der Waals surface area contributed by atoms with Crippen molar-refractivity contribution in [3.8, 4) is 0 Å². The van der Waals surface area contributed by atoms with Gasteiger partial charge in [0.2, 0.25) is 0 Å². The molecule has 0 aliphatic heterocycles. The smallest absolute Gasteiger partial charge is 0.0240 e. The summed E-state index contributed by atoms with van der Waals surface area (Å²) in [5, 5.41) is 3.61. The monoisotopic (exact) mass is 294 g/mol. The molecule has 0 heterocycles. The Hall–Kier alpha value is -0.0800. The topological polar surface area (TPSA) is 15.3 Å². The first-order valence-corrected chi connectivity index (χ1v) is 9.45. The molecule has 0 radical (unpaired) electrons. The predicted octanol–water partition coefficient (Wildman–Crippen LogP) is 4.59. The van der Waals surface area contributed by atoms with Crippen molar-refractivity contribution in [1.82, 2.24) is 10.2 Å². The Kier molecular flexibility index (Phi) is 6.55. The molecule has 1 unspecified atom stereocenters. The Labute approximate surface area is 133 Å². The minimum absolute atomic E-state index is 0.344. The third-order valence-corrected chi connectivity index (χ3v) is 5.87. The molecule has 2 nitrogen and oxygen atoms in total. The van der Waals surface area contributed by atoms with Crippen LogP contribution in [0.2, 0.25) is 0 Å². The van der Waals surface area contributed by atoms with Gasteiger partial charge in [0, 0.05) is 24.7 Å². The summed E-state index contributed by atoms with van der Waals surface area (Å²) >= 11 is 0. The fourth-order valence-electron chi connectivity index (χ4n) is 4.43. The first kappa shape index (κ1) is 17.3. The molecule has 2 aliphatic carbocycles. The molecule has 2 fully saturated rings. The van der Waals surface area contributed by atoms with Gasteiger partial charge in [0.25, 0.3) is 0 Å². The van der Waals surface area contributed by atoms with Crippen LogP contribution in [-0.2, 0) is 0 Å². The standard InChI is InChI=1S/C19H38N2/c1-19(2,3)18(20-4)15-21(16-11-7-5-8-12-16)17-13-9-6-10-14-17/h16-18,20H,5-15H2,1-4H3. The number of hydrogen-bond acceptors (Lipinski definition) is 2. The van der Waals surface area contributed by atoms with Gasteiger partial charge < -0.3 is 5.32 Å². The SMILES string of the molecule is CNC(CN(C1CCCCC1)C1CCCCC1)C(C)(C)C. The molecule has 0 aromatic heterocycles. The minimum atomic E-state index is 0.344. The highest BCUT2D eigenvalue weighted by Crippen LogP contribution is 2.32. The van der Waals surface area contributed by atoms with E-state index in [2.05, 4.69) is 38.0 Å². The van der Waals surface area contributed by atoms with Crippen LogP contribution in [0.15, 0.2) is 0 Å². The van der Waals surface area contributed by atoms with Crippen LogP contribution >= 0.6 is 0 Å². The summed E-state index contributed by atoms with van der Waals surface area (Å²) in [5.74, 6) is 0. The van der Waals surface area contributed by atoms with Crippen LogP contribution in [0.5, 0.6) is 0 Å². The molecule has 2 heteroatoms. The van der Waals surface area contributed by atoms with Crippen LogP contribution in [0.3, 0.4) is 0 Å². The number of rotatable bonds is 5. The molecule has 2 aliphatic rings. The van der Waals surface area contributed by atoms with Gasteiger partial charge in [-0.25, -0.2) is 0 Å². The fraction of sp³-hybridized carbons (Fsp3) is 1.00. The van der Waals surface area contributed by atoms with E-state index >= 15 is 0 Å². The lowest BCUT2D eigenvalue weighted by Crippen LogP contribution is -2.54. The van der Waals surface area contributed by atoms with E-state index in [4.69, 9.17) is 0 Å². The van der Waals surface area contributed by atoms with Crippen molar-refractivity contribution in [2.24, 2.45) is 5.41 Å². The average molecular weight is 295 g/mol. The van der Waals surface area contributed by atoms with Crippen molar-refractivity contribution in [2.45, 2.75) is 103 Å². The van der Waals surface area contributed by atoms with Gasteiger partial charge in [-0.05, 0) is 38.1 Å². The maximum Gasteiger partial charge on any atom is 0.0240 e. The van der Waals surface area contributed by atoms with Crippen molar-refractivity contribution in [3.63, 3.8) is 0 Å². The minimum Gasteiger partial charge on any atom is -0.315 e. The van der Waals surface area contributed by atoms with Crippen molar-refractivity contribution in [3.05, 3.63) is 0 Å². The lowest BCUT2D eigenvalue weighted by molar-refractivity contribution is 0.0544. The van der Waals surface area contributed by atoms with Gasteiger partial charge in [-0.1, -0.05) is 59.3 Å². The highest BCUT2D eigenvalue weighted by molar-refractivity contribution is 4.90. The summed E-state index contributed by atoms with van der Waals surface area (Å²) in [5.41, 5.74) is 0.344. The third-order valence-electron chi connectivity index (χ3n) is 5.87. The molecule has 0 bridgehead atoms. The maximum atomic E-state index is 3.61. The Bertz CT molecular complexity index is 264. The van der Waals surface area contributed by atoms with E-state index in [1.54, 1.807) is 0 Å². The second-order valence-corrected chi connectivity index (χ2v) is 8.49. The highest BCUT2D eigenvalue weighted by Gasteiger charge is 2.33. The molecular weight excluding hydrogens is 256 g/mol. The second kappa shape index (κ2) is 7.97. The van der Waals surface area contributed by atoms with Crippen LogP contribution in [0, 0.1) is 5.41 Å². The van der Waals surface area contributed by atoms with Gasteiger partial charge >= 0.3 is 0 Å². The summed E-state index contributed by atoms with van der Waals surface area (Å²) in [6.45, 7) is 8.39. The third kappa shape index (κ3) is 4.96. The first-order valence-electron chi connectivity index (χ1n) is 9.45. The molecule has 1 atom stereocenters. The molecular formula is C19H38N2. The van der Waals surface area contributed by atoms with Crippen molar-refractivity contribution in [1.29, 1.82) is 0 Å². The summed E-state index contributed by atoms with van der Waals surface area (Å²) in [4.78, 5) is 2.94. The Morgan fingerprint density at radius 2 is 1.29 bits per heavy atom. The Balaban J connectivity index is 2.06. The molecule has 0 saturated heterocycles. The largest absolute Gasteiger partial charge is 0.315 e. The lowest BCUT2D eigenvalue weighted by Gasteiger charge is -2.45. The molecule has 1 N–H and O–H groups in total. The van der Waals surface area contributed by atoms with E-state index in [1.807, 2.05) is 0 Å². The molecule has 124 valence electrons. The van der Waals surface area contributed by atoms with Crippen LogP contribution in [0.1, 0.15) is 85.0 Å². The van der Waals surface area contributed by atoms with Gasteiger partial charge in [-0.3, -0.25) is 4.90 Å². The normalized spacial score (nSPS) is 24.4. The van der Waals surface area contributed by atoms with E-state index in [-0.39, 0.29) is 0 Å². The van der Waals surface area contributed by atoms with Gasteiger partial charge in [-0.2, -0.15) is 0 Å². The number of likely N-dealkylation sites (N-methyl/N-ethyl adjacent to an activating group) is 1. The summed E-state index contributed by atoms with van der Waals surface area (Å²) in [6.07, 6.45) is 14.5. The molecule has 2 rings (SSSR count). The van der Waals surface area contributed by atoms with E-state index < -0.39 is 0 Å². The lowest BCUT2D eigenvalue weighted by atomic mass is 9.83. The number of nitrogens with zero attached hydrogens (tertiary/aromatic N) is 1. The first-order chi connectivity index (χ1) is 10.0. The molecule has 0 aromatic rings. The van der Waals surface area contributed by atoms with E-state index in [0.29, 0.717) is 11.5 Å². The number of hydrogen-bond donors (Lipinski definition) is 1. The van der Waals surface area contributed by atoms with Crippen LogP contribution in [0.25, 0.3) is 0 Å². The molecule has 2 saturated carbocycles. The summed E-state index contributed by atoms with van der Waals surface area (Å²) < 4.78 is 0. The Morgan fingerprint density at radius 1 is 0.857 bits per heavy atom. The van der Waals surface area contributed by atoms with Crippen LogP contribution < -0.4 is 5.32 Å². The molecule has 0 spiro atoms. The number of nitrogens with one attached hydrogen (secondary N) is 1. The average Bonchev–Trinajstić information content (AvgIpc) is 2.49. The van der Waals surface area contributed by atoms with Gasteiger partial charge in [0.05, 0.1) is 0 Å². The van der Waals surface area contributed by atoms with Crippen molar-refractivity contribution >= 4 is 0 Å². The van der Waals surface area contributed by atoms with E-state index in [1.165, 1.54) is 70.8 Å². The highest BCUT2D eigenvalue weighted by atomic mass is 15.2. The zero-order chi connectivity index (χ0) is 15.3. The zero-order valence-electron chi connectivity index (χ0n) is 15.0. The predicted molar refractivity (Wildman–Crippen MR) is 92.8 cm³/mol. The van der Waals surface area contributed by atoms with Crippen molar-refractivity contribution < 1.29 is 0 Å². The summed E-state index contributed by atoms with van der Waals surface area (Å²) in [7, 11) is 2.15. The quantitative estimate of drug-likeness (QED) is 0.798. The van der Waals surface area contributed by atoms with E-state index in [0.717, 1.165) is 12.1 Å². The zero-order valence-corrected chi connectivity index (χ0v) is 15.0. The van der Waals surface area contributed by atoms with Gasteiger partial charge in [0.15, 0.2) is 0 Å². The maximum absolute atomic E-state index is 3.61. The van der Waals surface area contributed by atoms with Crippen molar-refractivity contribution in [2.75, 3.05) is 13.6 Å². The molecule has 0 amide bonds. The molecule has 0 aromatic carbocycles. The van der Waals surface area contributed by atoms with Crippen LogP contribution in [0.4, 0.5) is 0 Å². The Morgan fingerprint density at radius 3 is 1.62 bits per heavy atom.